The van der Waals surface area contributed by atoms with Crippen molar-refractivity contribution in [1.82, 2.24) is 0 Å². The highest BCUT2D eigenvalue weighted by Crippen LogP contribution is 2.15. The molecular formula is C11H17FN2O. The van der Waals surface area contributed by atoms with Gasteiger partial charge in [-0.05, 0) is 25.1 Å². The fourth-order valence-corrected chi connectivity index (χ4v) is 1.43. The first kappa shape index (κ1) is 11.9. The van der Waals surface area contributed by atoms with Gasteiger partial charge < -0.3 is 15.7 Å². The summed E-state index contributed by atoms with van der Waals surface area (Å²) < 4.78 is 13.0. The molecule has 0 aliphatic heterocycles. The van der Waals surface area contributed by atoms with E-state index in [4.69, 9.17) is 10.8 Å². The molecule has 4 heteroatoms. The largest absolute Gasteiger partial charge is 0.395 e. The molecule has 84 valence electrons. The minimum Gasteiger partial charge on any atom is -0.395 e. The van der Waals surface area contributed by atoms with Crippen molar-refractivity contribution in [2.45, 2.75) is 13.0 Å². The first-order valence-electron chi connectivity index (χ1n) is 5.04. The fourth-order valence-electron chi connectivity index (χ4n) is 1.43. The number of aliphatic hydroxyl groups is 1. The molecule has 0 aliphatic rings. The van der Waals surface area contributed by atoms with Gasteiger partial charge in [-0.3, -0.25) is 0 Å². The van der Waals surface area contributed by atoms with E-state index in [-0.39, 0.29) is 18.5 Å². The van der Waals surface area contributed by atoms with Crippen LogP contribution in [0.15, 0.2) is 24.3 Å². The molecule has 0 saturated carbocycles. The molecule has 1 aromatic rings. The smallest absolute Gasteiger partial charge is 0.125 e. The topological polar surface area (TPSA) is 49.5 Å². The van der Waals surface area contributed by atoms with Crippen molar-refractivity contribution in [3.8, 4) is 0 Å². The minimum atomic E-state index is -0.298. The number of rotatable bonds is 5. The average Bonchev–Trinajstić information content (AvgIpc) is 2.25. The van der Waals surface area contributed by atoms with E-state index in [2.05, 4.69) is 0 Å². The molecule has 0 heterocycles. The quantitative estimate of drug-likeness (QED) is 0.764. The number of hydrogen-bond donors (Lipinski definition) is 2. The Kier molecular flexibility index (Phi) is 4.52. The second kappa shape index (κ2) is 5.68. The van der Waals surface area contributed by atoms with Crippen LogP contribution in [-0.4, -0.2) is 30.8 Å². The third-order valence-corrected chi connectivity index (χ3v) is 2.24. The van der Waals surface area contributed by atoms with Crippen molar-refractivity contribution in [3.63, 3.8) is 0 Å². The van der Waals surface area contributed by atoms with Gasteiger partial charge in [-0.15, -0.1) is 0 Å². The van der Waals surface area contributed by atoms with Crippen molar-refractivity contribution in [1.29, 1.82) is 0 Å². The van der Waals surface area contributed by atoms with Gasteiger partial charge in [0.05, 0.1) is 6.61 Å². The van der Waals surface area contributed by atoms with E-state index in [1.165, 1.54) is 12.1 Å². The molecule has 0 aliphatic carbocycles. The molecule has 3 nitrogen and oxygen atoms in total. The van der Waals surface area contributed by atoms with Crippen LogP contribution in [0.4, 0.5) is 10.1 Å². The van der Waals surface area contributed by atoms with Gasteiger partial charge in [0, 0.05) is 24.8 Å². The Morgan fingerprint density at radius 2 is 2.27 bits per heavy atom. The number of nitrogens with two attached hydrogens (primary N) is 1. The zero-order valence-electron chi connectivity index (χ0n) is 8.86. The normalized spacial score (nSPS) is 12.5. The van der Waals surface area contributed by atoms with E-state index in [0.717, 1.165) is 12.2 Å². The van der Waals surface area contributed by atoms with E-state index in [1.54, 1.807) is 6.07 Å². The SMILES string of the molecule is CCN(CC(N)CO)c1cccc(F)c1. The molecule has 0 spiro atoms. The van der Waals surface area contributed by atoms with Crippen molar-refractivity contribution in [3.05, 3.63) is 30.1 Å². The number of aliphatic hydroxyl groups excluding tert-OH is 1. The number of benzene rings is 1. The monoisotopic (exact) mass is 212 g/mol. The first-order chi connectivity index (χ1) is 7.17. The Bertz CT molecular complexity index is 306. The van der Waals surface area contributed by atoms with Gasteiger partial charge in [0.15, 0.2) is 0 Å². The van der Waals surface area contributed by atoms with E-state index < -0.39 is 0 Å². The van der Waals surface area contributed by atoms with Gasteiger partial charge in [-0.25, -0.2) is 4.39 Å². The molecule has 0 bridgehead atoms. The number of hydrogen-bond acceptors (Lipinski definition) is 3. The zero-order chi connectivity index (χ0) is 11.3. The molecule has 0 fully saturated rings. The highest BCUT2D eigenvalue weighted by Gasteiger charge is 2.09. The maximum absolute atomic E-state index is 13.0. The predicted octanol–water partition coefficient (Wildman–Crippen LogP) is 0.972. The Labute approximate surface area is 89.3 Å². The van der Waals surface area contributed by atoms with Gasteiger partial charge >= 0.3 is 0 Å². The van der Waals surface area contributed by atoms with Crippen LogP contribution in [-0.2, 0) is 0 Å². The van der Waals surface area contributed by atoms with Crippen LogP contribution in [0.2, 0.25) is 0 Å². The number of likely N-dealkylation sites (N-methyl/N-ethyl adjacent to an activating group) is 1. The lowest BCUT2D eigenvalue weighted by molar-refractivity contribution is 0.267. The van der Waals surface area contributed by atoms with Crippen molar-refractivity contribution in [2.24, 2.45) is 5.73 Å². The fraction of sp³-hybridized carbons (Fsp3) is 0.455. The second-order valence-electron chi connectivity index (χ2n) is 3.46. The summed E-state index contributed by atoms with van der Waals surface area (Å²) in [5.74, 6) is -0.261. The van der Waals surface area contributed by atoms with Crippen LogP contribution in [0.5, 0.6) is 0 Å². The van der Waals surface area contributed by atoms with Gasteiger partial charge in [0.25, 0.3) is 0 Å². The summed E-state index contributed by atoms with van der Waals surface area (Å²) in [4.78, 5) is 1.93. The number of anilines is 1. The standard InChI is InChI=1S/C11H17FN2O/c1-2-14(7-10(13)8-15)11-5-3-4-9(12)6-11/h3-6,10,15H,2,7-8,13H2,1H3. The van der Waals surface area contributed by atoms with E-state index in [0.29, 0.717) is 6.54 Å². The van der Waals surface area contributed by atoms with Crippen LogP contribution in [0.1, 0.15) is 6.92 Å². The van der Waals surface area contributed by atoms with Gasteiger partial charge in [0.2, 0.25) is 0 Å². The summed E-state index contributed by atoms with van der Waals surface area (Å²) >= 11 is 0. The Morgan fingerprint density at radius 1 is 1.53 bits per heavy atom. The zero-order valence-corrected chi connectivity index (χ0v) is 8.86. The van der Waals surface area contributed by atoms with Gasteiger partial charge in [-0.2, -0.15) is 0 Å². The van der Waals surface area contributed by atoms with Crippen LogP contribution < -0.4 is 10.6 Å². The average molecular weight is 212 g/mol. The molecule has 1 rings (SSSR count). The van der Waals surface area contributed by atoms with Crippen LogP contribution in [0.3, 0.4) is 0 Å². The third-order valence-electron chi connectivity index (χ3n) is 2.24. The van der Waals surface area contributed by atoms with E-state index in [9.17, 15) is 4.39 Å². The van der Waals surface area contributed by atoms with Crippen LogP contribution >= 0.6 is 0 Å². The molecule has 0 amide bonds. The van der Waals surface area contributed by atoms with Gasteiger partial charge in [0.1, 0.15) is 5.82 Å². The molecule has 0 aromatic heterocycles. The molecule has 0 radical (unpaired) electrons. The third kappa shape index (κ3) is 3.49. The molecule has 1 unspecified atom stereocenters. The molecule has 0 saturated heterocycles. The van der Waals surface area contributed by atoms with Crippen molar-refractivity contribution in [2.75, 3.05) is 24.6 Å². The van der Waals surface area contributed by atoms with Crippen LogP contribution in [0, 0.1) is 5.82 Å². The highest BCUT2D eigenvalue weighted by molar-refractivity contribution is 5.46. The summed E-state index contributed by atoms with van der Waals surface area (Å²) in [6, 6.07) is 6.07. The number of nitrogens with zero attached hydrogens (tertiary/aromatic N) is 1. The second-order valence-corrected chi connectivity index (χ2v) is 3.46. The Hall–Kier alpha value is -1.13. The lowest BCUT2D eigenvalue weighted by atomic mass is 10.2. The van der Waals surface area contributed by atoms with Crippen LogP contribution in [0.25, 0.3) is 0 Å². The molecule has 3 N–H and O–H groups in total. The summed E-state index contributed by atoms with van der Waals surface area (Å²) in [5.41, 5.74) is 6.43. The lowest BCUT2D eigenvalue weighted by Crippen LogP contribution is -2.39. The Balaban J connectivity index is 2.73. The summed E-state index contributed by atoms with van der Waals surface area (Å²) in [6.07, 6.45) is 0. The van der Waals surface area contributed by atoms with Crippen molar-refractivity contribution >= 4 is 5.69 Å². The molecule has 1 aromatic carbocycles. The number of halogens is 1. The molecular weight excluding hydrogens is 195 g/mol. The minimum absolute atomic E-state index is 0.0637. The van der Waals surface area contributed by atoms with E-state index >= 15 is 0 Å². The van der Waals surface area contributed by atoms with E-state index in [1.807, 2.05) is 17.9 Å². The summed E-state index contributed by atoms with van der Waals surface area (Å²) in [6.45, 7) is 3.16. The van der Waals surface area contributed by atoms with Crippen molar-refractivity contribution < 1.29 is 9.50 Å². The maximum atomic E-state index is 13.0. The molecule has 1 atom stereocenters. The summed E-state index contributed by atoms with van der Waals surface area (Å²) in [5, 5.41) is 8.85. The molecule has 15 heavy (non-hydrogen) atoms. The summed E-state index contributed by atoms with van der Waals surface area (Å²) in [7, 11) is 0. The Morgan fingerprint density at radius 3 is 2.80 bits per heavy atom. The first-order valence-corrected chi connectivity index (χ1v) is 5.04. The maximum Gasteiger partial charge on any atom is 0.125 e. The van der Waals surface area contributed by atoms with Gasteiger partial charge in [-0.1, -0.05) is 6.07 Å². The highest BCUT2D eigenvalue weighted by atomic mass is 19.1. The predicted molar refractivity (Wildman–Crippen MR) is 59.3 cm³/mol. The lowest BCUT2D eigenvalue weighted by Gasteiger charge is -2.25.